The smallest absolute Gasteiger partial charge is 0.119 e. The van der Waals surface area contributed by atoms with Gasteiger partial charge >= 0.3 is 0 Å². The minimum Gasteiger partial charge on any atom is -0.491 e. The Bertz CT molecular complexity index is 401. The molecule has 0 bridgehead atoms. The third kappa shape index (κ3) is 3.95. The maximum atomic E-state index is 5.89. The van der Waals surface area contributed by atoms with Gasteiger partial charge in [-0.25, -0.2) is 0 Å². The fourth-order valence-corrected chi connectivity index (χ4v) is 2.53. The van der Waals surface area contributed by atoms with Gasteiger partial charge in [0.25, 0.3) is 0 Å². The molecule has 0 aliphatic heterocycles. The molecule has 1 aliphatic carbocycles. The molecule has 0 heterocycles. The molecule has 20 heavy (non-hydrogen) atoms. The first-order chi connectivity index (χ1) is 9.65. The van der Waals surface area contributed by atoms with Crippen LogP contribution in [0.25, 0.3) is 0 Å². The van der Waals surface area contributed by atoms with E-state index in [0.29, 0.717) is 12.5 Å². The van der Waals surface area contributed by atoms with Crippen molar-refractivity contribution in [2.45, 2.75) is 51.9 Å². The Morgan fingerprint density at radius 2 is 1.90 bits per heavy atom. The van der Waals surface area contributed by atoms with Gasteiger partial charge in [-0.15, -0.1) is 0 Å². The summed E-state index contributed by atoms with van der Waals surface area (Å²) >= 11 is 0. The van der Waals surface area contributed by atoms with Crippen LogP contribution < -0.4 is 16.0 Å². The number of rotatable bonds is 8. The van der Waals surface area contributed by atoms with Crippen molar-refractivity contribution < 1.29 is 9.47 Å². The second kappa shape index (κ2) is 7.07. The summed E-state index contributed by atoms with van der Waals surface area (Å²) in [5, 5.41) is 0. The molecular formula is C16H26N2O2. The van der Waals surface area contributed by atoms with Crippen LogP contribution >= 0.6 is 0 Å². The summed E-state index contributed by atoms with van der Waals surface area (Å²) in [5.74, 6) is 7.27. The van der Waals surface area contributed by atoms with Crippen molar-refractivity contribution in [3.63, 3.8) is 0 Å². The van der Waals surface area contributed by atoms with Crippen LogP contribution in [0.15, 0.2) is 24.3 Å². The number of hydrogen-bond donors (Lipinski definition) is 2. The number of hydrogen-bond acceptors (Lipinski definition) is 4. The lowest BCUT2D eigenvalue weighted by molar-refractivity contribution is 0.0185. The van der Waals surface area contributed by atoms with E-state index in [0.717, 1.165) is 11.3 Å². The van der Waals surface area contributed by atoms with Crippen LogP contribution in [0.1, 0.15) is 45.2 Å². The second-order valence-corrected chi connectivity index (χ2v) is 5.64. The number of nitrogens with one attached hydrogen (secondary N) is 1. The lowest BCUT2D eigenvalue weighted by Crippen LogP contribution is -2.39. The van der Waals surface area contributed by atoms with Gasteiger partial charge in [-0.05, 0) is 57.2 Å². The summed E-state index contributed by atoms with van der Waals surface area (Å²) in [6, 6.07) is 8.16. The highest BCUT2D eigenvalue weighted by Gasteiger charge is 2.37. The van der Waals surface area contributed by atoms with E-state index in [4.69, 9.17) is 15.3 Å². The number of benzene rings is 1. The third-order valence-electron chi connectivity index (χ3n) is 3.56. The van der Waals surface area contributed by atoms with E-state index in [9.17, 15) is 0 Å². The summed E-state index contributed by atoms with van der Waals surface area (Å²) in [7, 11) is 0. The molecule has 1 saturated carbocycles. The molecule has 0 aromatic heterocycles. The third-order valence-corrected chi connectivity index (χ3v) is 3.56. The molecule has 1 aliphatic rings. The topological polar surface area (TPSA) is 56.5 Å². The van der Waals surface area contributed by atoms with Crippen molar-refractivity contribution in [3.05, 3.63) is 29.8 Å². The van der Waals surface area contributed by atoms with Gasteiger partial charge < -0.3 is 9.47 Å². The average molecular weight is 278 g/mol. The van der Waals surface area contributed by atoms with E-state index >= 15 is 0 Å². The van der Waals surface area contributed by atoms with E-state index < -0.39 is 0 Å². The Kier molecular flexibility index (Phi) is 5.40. The van der Waals surface area contributed by atoms with Gasteiger partial charge in [0.1, 0.15) is 5.75 Å². The van der Waals surface area contributed by atoms with Crippen LogP contribution in [0.3, 0.4) is 0 Å². The zero-order chi connectivity index (χ0) is 14.5. The molecule has 0 spiro atoms. The molecule has 0 amide bonds. The molecule has 112 valence electrons. The monoisotopic (exact) mass is 278 g/mol. The van der Waals surface area contributed by atoms with Crippen LogP contribution in [0, 0.1) is 5.92 Å². The average Bonchev–Trinajstić information content (AvgIpc) is 3.24. The van der Waals surface area contributed by atoms with Gasteiger partial charge in [0.15, 0.2) is 0 Å². The van der Waals surface area contributed by atoms with Crippen molar-refractivity contribution in [2.75, 3.05) is 6.61 Å². The lowest BCUT2D eigenvalue weighted by atomic mass is 9.98. The van der Waals surface area contributed by atoms with Gasteiger partial charge in [0.05, 0.1) is 18.2 Å². The maximum Gasteiger partial charge on any atom is 0.119 e. The highest BCUT2D eigenvalue weighted by Crippen LogP contribution is 2.40. The van der Waals surface area contributed by atoms with E-state index in [2.05, 4.69) is 17.6 Å². The molecule has 2 atom stereocenters. The number of hydrazine groups is 1. The summed E-state index contributed by atoms with van der Waals surface area (Å²) in [5.41, 5.74) is 4.07. The first-order valence-corrected chi connectivity index (χ1v) is 7.50. The molecule has 2 rings (SSSR count). The standard InChI is InChI=1S/C16H26N2O2/c1-4-19-16(13-5-6-13)15(18-17)12-7-9-14(10-8-12)20-11(2)3/h7-11,13,15-16,18H,4-6,17H2,1-3H3. The summed E-state index contributed by atoms with van der Waals surface area (Å²) in [4.78, 5) is 0. The zero-order valence-electron chi connectivity index (χ0n) is 12.6. The van der Waals surface area contributed by atoms with Crippen LogP contribution in [0.5, 0.6) is 5.75 Å². The minimum atomic E-state index is 0.0375. The van der Waals surface area contributed by atoms with Gasteiger partial charge in [-0.3, -0.25) is 11.3 Å². The number of nitrogens with two attached hydrogens (primary N) is 1. The summed E-state index contributed by atoms with van der Waals surface area (Å²) in [6.07, 6.45) is 2.81. The van der Waals surface area contributed by atoms with Crippen molar-refractivity contribution in [1.29, 1.82) is 0 Å². The molecule has 1 aromatic rings. The van der Waals surface area contributed by atoms with Crippen LogP contribution in [0.2, 0.25) is 0 Å². The maximum absolute atomic E-state index is 5.89. The molecule has 4 heteroatoms. The van der Waals surface area contributed by atoms with Crippen molar-refractivity contribution >= 4 is 0 Å². The van der Waals surface area contributed by atoms with E-state index in [1.165, 1.54) is 12.8 Å². The highest BCUT2D eigenvalue weighted by atomic mass is 16.5. The summed E-state index contributed by atoms with van der Waals surface area (Å²) < 4.78 is 11.6. The SMILES string of the molecule is CCOC(C1CC1)C(NN)c1ccc(OC(C)C)cc1. The first kappa shape index (κ1) is 15.3. The van der Waals surface area contributed by atoms with Crippen molar-refractivity contribution in [1.82, 2.24) is 5.43 Å². The van der Waals surface area contributed by atoms with Crippen LogP contribution in [-0.2, 0) is 4.74 Å². The van der Waals surface area contributed by atoms with E-state index in [-0.39, 0.29) is 18.2 Å². The van der Waals surface area contributed by atoms with Gasteiger partial charge in [-0.2, -0.15) is 0 Å². The van der Waals surface area contributed by atoms with E-state index in [1.807, 2.05) is 32.9 Å². The van der Waals surface area contributed by atoms with E-state index in [1.54, 1.807) is 0 Å². The Morgan fingerprint density at radius 3 is 2.35 bits per heavy atom. The Labute approximate surface area is 121 Å². The van der Waals surface area contributed by atoms with Crippen LogP contribution in [-0.4, -0.2) is 18.8 Å². The molecule has 4 nitrogen and oxygen atoms in total. The molecule has 0 saturated heterocycles. The minimum absolute atomic E-state index is 0.0375. The molecule has 0 radical (unpaired) electrons. The quantitative estimate of drug-likeness (QED) is 0.567. The van der Waals surface area contributed by atoms with Gasteiger partial charge in [0, 0.05) is 6.61 Å². The predicted octanol–water partition coefficient (Wildman–Crippen LogP) is 2.79. The first-order valence-electron chi connectivity index (χ1n) is 7.50. The van der Waals surface area contributed by atoms with Crippen molar-refractivity contribution in [2.24, 2.45) is 11.8 Å². The molecular weight excluding hydrogens is 252 g/mol. The molecule has 1 fully saturated rings. The molecule has 3 N–H and O–H groups in total. The fourth-order valence-electron chi connectivity index (χ4n) is 2.53. The zero-order valence-corrected chi connectivity index (χ0v) is 12.6. The Morgan fingerprint density at radius 1 is 1.25 bits per heavy atom. The molecule has 2 unspecified atom stereocenters. The number of ether oxygens (including phenoxy) is 2. The Hall–Kier alpha value is -1.10. The fraction of sp³-hybridized carbons (Fsp3) is 0.625. The van der Waals surface area contributed by atoms with Crippen LogP contribution in [0.4, 0.5) is 0 Å². The Balaban J connectivity index is 2.09. The van der Waals surface area contributed by atoms with Gasteiger partial charge in [-0.1, -0.05) is 12.1 Å². The highest BCUT2D eigenvalue weighted by molar-refractivity contribution is 5.30. The van der Waals surface area contributed by atoms with Crippen molar-refractivity contribution in [3.8, 4) is 5.75 Å². The largest absolute Gasteiger partial charge is 0.491 e. The normalized spacial score (nSPS) is 18.1. The molecule has 1 aromatic carbocycles. The second-order valence-electron chi connectivity index (χ2n) is 5.64. The van der Waals surface area contributed by atoms with Gasteiger partial charge in [0.2, 0.25) is 0 Å². The lowest BCUT2D eigenvalue weighted by Gasteiger charge is -2.27. The summed E-state index contributed by atoms with van der Waals surface area (Å²) in [6.45, 7) is 6.79. The predicted molar refractivity (Wildman–Crippen MR) is 80.4 cm³/mol.